The Morgan fingerprint density at radius 1 is 1.26 bits per heavy atom. The van der Waals surface area contributed by atoms with Gasteiger partial charge in [-0.3, -0.25) is 0 Å². The first-order chi connectivity index (χ1) is 8.66. The lowest BCUT2D eigenvalue weighted by Crippen LogP contribution is -2.34. The monoisotopic (exact) mass is 294 g/mol. The van der Waals surface area contributed by atoms with E-state index in [4.69, 9.17) is 9.47 Å². The summed E-state index contributed by atoms with van der Waals surface area (Å²) in [5.41, 5.74) is -0.534. The zero-order valence-electron chi connectivity index (χ0n) is 11.6. The zero-order chi connectivity index (χ0) is 14.9. The van der Waals surface area contributed by atoms with Gasteiger partial charge in [0.25, 0.3) is 0 Å². The molecule has 0 bridgehead atoms. The van der Waals surface area contributed by atoms with Crippen LogP contribution < -0.4 is 10.0 Å². The maximum atomic E-state index is 11.2. The molecule has 112 valence electrons. The molecule has 0 fully saturated rings. The summed E-state index contributed by atoms with van der Waals surface area (Å²) >= 11 is 0. The van der Waals surface area contributed by atoms with Gasteiger partial charge in [0, 0.05) is 18.5 Å². The summed E-state index contributed by atoms with van der Waals surface area (Å²) in [6.07, 6.45) is -0.511. The van der Waals surface area contributed by atoms with E-state index < -0.39 is 21.7 Å². The van der Waals surface area contributed by atoms with Crippen LogP contribution in [0.15, 0.2) is 12.0 Å². The van der Waals surface area contributed by atoms with E-state index in [1.807, 2.05) is 0 Å². The molecular weight excluding hydrogens is 272 g/mol. The Morgan fingerprint density at radius 3 is 2.37 bits per heavy atom. The van der Waals surface area contributed by atoms with E-state index in [0.717, 1.165) is 5.41 Å². The van der Waals surface area contributed by atoms with Crippen LogP contribution >= 0.6 is 0 Å². The minimum Gasteiger partial charge on any atom is -0.444 e. The minimum absolute atomic E-state index is 0.154. The molecule has 0 radical (unpaired) electrons. The van der Waals surface area contributed by atoms with Gasteiger partial charge < -0.3 is 14.8 Å². The predicted octanol–water partition coefficient (Wildman–Crippen LogP) is 0.591. The predicted molar refractivity (Wildman–Crippen MR) is 72.2 cm³/mol. The number of carbonyl (C=O) groups is 1. The van der Waals surface area contributed by atoms with Crippen molar-refractivity contribution in [3.63, 3.8) is 0 Å². The van der Waals surface area contributed by atoms with Crippen LogP contribution in [0, 0.1) is 0 Å². The fourth-order valence-electron chi connectivity index (χ4n) is 0.957. The molecule has 0 atom stereocenters. The zero-order valence-corrected chi connectivity index (χ0v) is 12.4. The van der Waals surface area contributed by atoms with Crippen molar-refractivity contribution in [3.05, 3.63) is 12.0 Å². The van der Waals surface area contributed by atoms with Crippen LogP contribution in [0.5, 0.6) is 0 Å². The van der Waals surface area contributed by atoms with E-state index in [1.54, 1.807) is 20.8 Å². The molecule has 7 nitrogen and oxygen atoms in total. The van der Waals surface area contributed by atoms with Crippen molar-refractivity contribution < 1.29 is 22.7 Å². The Bertz CT molecular complexity index is 386. The first kappa shape index (κ1) is 17.9. The second-order valence-electron chi connectivity index (χ2n) is 4.65. The Balaban J connectivity index is 3.51. The quantitative estimate of drug-likeness (QED) is 0.639. The smallest absolute Gasteiger partial charge is 0.407 e. The summed E-state index contributed by atoms with van der Waals surface area (Å²) in [6.45, 7) is 9.41. The molecule has 0 spiro atoms. The van der Waals surface area contributed by atoms with E-state index in [-0.39, 0.29) is 19.8 Å². The van der Waals surface area contributed by atoms with Gasteiger partial charge in [-0.2, -0.15) is 0 Å². The van der Waals surface area contributed by atoms with E-state index in [1.165, 1.54) is 0 Å². The molecule has 0 aliphatic carbocycles. The van der Waals surface area contributed by atoms with Gasteiger partial charge in [0.2, 0.25) is 10.0 Å². The van der Waals surface area contributed by atoms with Gasteiger partial charge in [0.15, 0.2) is 0 Å². The van der Waals surface area contributed by atoms with Gasteiger partial charge in [-0.25, -0.2) is 17.9 Å². The lowest BCUT2D eigenvalue weighted by atomic mass is 10.2. The fourth-order valence-corrected chi connectivity index (χ4v) is 1.44. The Morgan fingerprint density at radius 2 is 1.84 bits per heavy atom. The highest BCUT2D eigenvalue weighted by molar-refractivity contribution is 7.92. The second-order valence-corrected chi connectivity index (χ2v) is 6.36. The molecule has 2 N–H and O–H groups in total. The lowest BCUT2D eigenvalue weighted by Gasteiger charge is -2.19. The van der Waals surface area contributed by atoms with E-state index >= 15 is 0 Å². The van der Waals surface area contributed by atoms with Crippen molar-refractivity contribution in [2.75, 3.05) is 26.3 Å². The normalized spacial score (nSPS) is 11.9. The highest BCUT2D eigenvalue weighted by Gasteiger charge is 2.15. The van der Waals surface area contributed by atoms with Gasteiger partial charge in [-0.05, 0) is 20.8 Å². The molecule has 8 heteroatoms. The molecule has 1 amide bonds. The summed E-state index contributed by atoms with van der Waals surface area (Å²) in [4.78, 5) is 11.2. The lowest BCUT2D eigenvalue weighted by molar-refractivity contribution is 0.0501. The van der Waals surface area contributed by atoms with Crippen molar-refractivity contribution >= 4 is 16.1 Å². The summed E-state index contributed by atoms with van der Waals surface area (Å²) in [5, 5.41) is 3.35. The minimum atomic E-state index is -3.40. The van der Waals surface area contributed by atoms with Crippen molar-refractivity contribution in [1.82, 2.24) is 10.0 Å². The topological polar surface area (TPSA) is 93.7 Å². The van der Waals surface area contributed by atoms with Crippen LogP contribution in [0.25, 0.3) is 0 Å². The summed E-state index contributed by atoms with van der Waals surface area (Å²) in [5.74, 6) is 0. The third kappa shape index (κ3) is 11.7. The van der Waals surface area contributed by atoms with Gasteiger partial charge in [0.05, 0.1) is 13.2 Å². The van der Waals surface area contributed by atoms with Gasteiger partial charge >= 0.3 is 6.09 Å². The molecule has 0 saturated carbocycles. The first-order valence-electron chi connectivity index (χ1n) is 5.83. The van der Waals surface area contributed by atoms with Gasteiger partial charge in [0.1, 0.15) is 5.60 Å². The van der Waals surface area contributed by atoms with Crippen molar-refractivity contribution in [2.45, 2.75) is 26.4 Å². The molecule has 0 aliphatic heterocycles. The van der Waals surface area contributed by atoms with Crippen LogP contribution in [-0.4, -0.2) is 46.4 Å². The number of carbonyl (C=O) groups excluding carboxylic acids is 1. The number of hydrogen-bond donors (Lipinski definition) is 2. The van der Waals surface area contributed by atoms with Crippen LogP contribution in [0.2, 0.25) is 0 Å². The average Bonchev–Trinajstić information content (AvgIpc) is 2.25. The fraction of sp³-hybridized carbons (Fsp3) is 0.727. The second kappa shape index (κ2) is 8.13. The highest BCUT2D eigenvalue weighted by atomic mass is 32.2. The maximum Gasteiger partial charge on any atom is 0.407 e. The highest BCUT2D eigenvalue weighted by Crippen LogP contribution is 2.05. The number of rotatable bonds is 8. The Labute approximate surface area is 114 Å². The molecule has 19 heavy (non-hydrogen) atoms. The number of nitrogens with one attached hydrogen (secondary N) is 2. The number of alkyl carbamates (subject to hydrolysis) is 1. The number of sulfonamides is 1. The molecule has 0 aromatic carbocycles. The first-order valence-corrected chi connectivity index (χ1v) is 7.37. The standard InChI is InChI=1S/C11H22N2O5S/c1-5-19(15,16)13-7-9-17-8-6-12-10(14)18-11(2,3)4/h5,13H,1,6-9H2,2-4H3,(H,12,14). The van der Waals surface area contributed by atoms with Crippen LogP contribution in [0.1, 0.15) is 20.8 Å². The van der Waals surface area contributed by atoms with Crippen molar-refractivity contribution in [1.29, 1.82) is 0 Å². The van der Waals surface area contributed by atoms with Crippen LogP contribution in [-0.2, 0) is 19.5 Å². The number of hydrogen-bond acceptors (Lipinski definition) is 5. The third-order valence-electron chi connectivity index (χ3n) is 1.68. The summed E-state index contributed by atoms with van der Waals surface area (Å²) in [7, 11) is -3.40. The van der Waals surface area contributed by atoms with E-state index in [2.05, 4.69) is 16.6 Å². The molecule has 0 aromatic heterocycles. The third-order valence-corrected chi connectivity index (χ3v) is 2.73. The molecule has 0 unspecified atom stereocenters. The van der Waals surface area contributed by atoms with Crippen molar-refractivity contribution in [3.8, 4) is 0 Å². The van der Waals surface area contributed by atoms with E-state index in [0.29, 0.717) is 6.54 Å². The van der Waals surface area contributed by atoms with Crippen molar-refractivity contribution in [2.24, 2.45) is 0 Å². The maximum absolute atomic E-state index is 11.2. The number of amides is 1. The molecule has 0 rings (SSSR count). The molecule has 0 saturated heterocycles. The Kier molecular flexibility index (Phi) is 7.65. The molecular formula is C11H22N2O5S. The Hall–Kier alpha value is -1.12. The summed E-state index contributed by atoms with van der Waals surface area (Å²) < 4.78 is 34.3. The van der Waals surface area contributed by atoms with Crippen LogP contribution in [0.3, 0.4) is 0 Å². The van der Waals surface area contributed by atoms with Crippen LogP contribution in [0.4, 0.5) is 4.79 Å². The SMILES string of the molecule is C=CS(=O)(=O)NCCOCCNC(=O)OC(C)(C)C. The summed E-state index contributed by atoms with van der Waals surface area (Å²) in [6, 6.07) is 0. The molecule has 0 aromatic rings. The van der Waals surface area contributed by atoms with E-state index in [9.17, 15) is 13.2 Å². The molecule has 0 aliphatic rings. The average molecular weight is 294 g/mol. The van der Waals surface area contributed by atoms with Gasteiger partial charge in [-0.15, -0.1) is 0 Å². The number of ether oxygens (including phenoxy) is 2. The largest absolute Gasteiger partial charge is 0.444 e. The molecule has 0 heterocycles. The van der Waals surface area contributed by atoms with Gasteiger partial charge in [-0.1, -0.05) is 6.58 Å².